The summed E-state index contributed by atoms with van der Waals surface area (Å²) in [5.41, 5.74) is 2.22. The van der Waals surface area contributed by atoms with Crippen molar-refractivity contribution in [1.29, 1.82) is 0 Å². The molecule has 5 heteroatoms. The molecular formula is C16H14FN3S. The maximum absolute atomic E-state index is 13.9. The average Bonchev–Trinajstić information content (AvgIpc) is 2.93. The van der Waals surface area contributed by atoms with Crippen molar-refractivity contribution >= 4 is 11.3 Å². The molecule has 0 spiro atoms. The Balaban J connectivity index is 2.11. The molecule has 3 rings (SSSR count). The van der Waals surface area contributed by atoms with E-state index in [-0.39, 0.29) is 5.82 Å². The van der Waals surface area contributed by atoms with Crippen LogP contribution in [-0.4, -0.2) is 17.0 Å². The number of hydrogen-bond donors (Lipinski definition) is 1. The molecule has 2 aromatic heterocycles. The van der Waals surface area contributed by atoms with Crippen LogP contribution in [0.3, 0.4) is 0 Å². The zero-order chi connectivity index (χ0) is 14.7. The summed E-state index contributed by atoms with van der Waals surface area (Å²) in [5.74, 6) is -0.345. The van der Waals surface area contributed by atoms with Gasteiger partial charge in [0, 0.05) is 23.2 Å². The van der Waals surface area contributed by atoms with Gasteiger partial charge in [-0.05, 0) is 19.2 Å². The standard InChI is InChI=1S/C16H14FN3S/c1-18-10-13-14(11-6-3-2-4-7-11)20-16(21-13)15-12(17)8-5-9-19-15/h2-9,18H,10H2,1H3. The van der Waals surface area contributed by atoms with Gasteiger partial charge in [-0.25, -0.2) is 9.37 Å². The van der Waals surface area contributed by atoms with E-state index in [1.54, 1.807) is 12.3 Å². The highest BCUT2D eigenvalue weighted by molar-refractivity contribution is 7.15. The summed E-state index contributed by atoms with van der Waals surface area (Å²) >= 11 is 1.47. The second-order valence-electron chi connectivity index (χ2n) is 4.52. The molecule has 1 aromatic carbocycles. The third-order valence-electron chi connectivity index (χ3n) is 3.04. The summed E-state index contributed by atoms with van der Waals surface area (Å²) in [6, 6.07) is 12.9. The van der Waals surface area contributed by atoms with Crippen LogP contribution in [0.25, 0.3) is 22.0 Å². The number of pyridine rings is 1. The van der Waals surface area contributed by atoms with E-state index in [9.17, 15) is 4.39 Å². The number of hydrogen-bond acceptors (Lipinski definition) is 4. The van der Waals surface area contributed by atoms with E-state index in [0.29, 0.717) is 17.2 Å². The average molecular weight is 299 g/mol. The molecule has 0 aliphatic carbocycles. The number of nitrogens with one attached hydrogen (secondary N) is 1. The van der Waals surface area contributed by atoms with Gasteiger partial charge in [0.15, 0.2) is 5.82 Å². The van der Waals surface area contributed by atoms with Crippen LogP contribution in [0, 0.1) is 5.82 Å². The van der Waals surface area contributed by atoms with Gasteiger partial charge in [-0.15, -0.1) is 11.3 Å². The highest BCUT2D eigenvalue weighted by Gasteiger charge is 2.16. The molecule has 21 heavy (non-hydrogen) atoms. The summed E-state index contributed by atoms with van der Waals surface area (Å²) in [7, 11) is 1.88. The Morgan fingerprint density at radius 1 is 1.10 bits per heavy atom. The molecule has 2 heterocycles. The molecule has 0 saturated carbocycles. The van der Waals surface area contributed by atoms with E-state index in [0.717, 1.165) is 16.1 Å². The van der Waals surface area contributed by atoms with Crippen molar-refractivity contribution in [3.05, 3.63) is 59.4 Å². The van der Waals surface area contributed by atoms with Crippen LogP contribution in [0.15, 0.2) is 48.7 Å². The number of benzene rings is 1. The molecule has 0 aliphatic rings. The Morgan fingerprint density at radius 3 is 2.62 bits per heavy atom. The first-order valence-corrected chi connectivity index (χ1v) is 7.42. The number of halogens is 1. The number of nitrogens with zero attached hydrogens (tertiary/aromatic N) is 2. The molecule has 0 aliphatic heterocycles. The SMILES string of the molecule is CNCc1sc(-c2ncccc2F)nc1-c1ccccc1. The fourth-order valence-electron chi connectivity index (χ4n) is 2.10. The number of thiazole rings is 1. The van der Waals surface area contributed by atoms with Gasteiger partial charge < -0.3 is 5.32 Å². The Morgan fingerprint density at radius 2 is 1.90 bits per heavy atom. The van der Waals surface area contributed by atoms with Crippen molar-refractivity contribution < 1.29 is 4.39 Å². The second-order valence-corrected chi connectivity index (χ2v) is 5.60. The molecule has 0 amide bonds. The molecule has 106 valence electrons. The topological polar surface area (TPSA) is 37.8 Å². The number of aromatic nitrogens is 2. The van der Waals surface area contributed by atoms with Crippen LogP contribution < -0.4 is 5.32 Å². The quantitative estimate of drug-likeness (QED) is 0.797. The normalized spacial score (nSPS) is 10.8. The minimum atomic E-state index is -0.345. The lowest BCUT2D eigenvalue weighted by Crippen LogP contribution is -2.04. The molecule has 0 radical (unpaired) electrons. The van der Waals surface area contributed by atoms with Gasteiger partial charge in [-0.1, -0.05) is 30.3 Å². The van der Waals surface area contributed by atoms with Crippen molar-refractivity contribution in [3.63, 3.8) is 0 Å². The van der Waals surface area contributed by atoms with Crippen molar-refractivity contribution in [1.82, 2.24) is 15.3 Å². The third kappa shape index (κ3) is 2.84. The van der Waals surface area contributed by atoms with Gasteiger partial charge in [0.1, 0.15) is 10.7 Å². The maximum atomic E-state index is 13.9. The lowest BCUT2D eigenvalue weighted by Gasteiger charge is -2.00. The zero-order valence-electron chi connectivity index (χ0n) is 11.5. The predicted molar refractivity (Wildman–Crippen MR) is 83.5 cm³/mol. The summed E-state index contributed by atoms with van der Waals surface area (Å²) in [6.07, 6.45) is 1.58. The van der Waals surface area contributed by atoms with Gasteiger partial charge in [-0.2, -0.15) is 0 Å². The Hall–Kier alpha value is -2.11. The van der Waals surface area contributed by atoms with Gasteiger partial charge in [0.05, 0.1) is 5.69 Å². The van der Waals surface area contributed by atoms with E-state index in [2.05, 4.69) is 15.3 Å². The molecule has 0 bridgehead atoms. The molecule has 0 atom stereocenters. The van der Waals surface area contributed by atoms with Crippen molar-refractivity contribution in [3.8, 4) is 22.0 Å². The Kier molecular flexibility index (Phi) is 4.03. The fourth-order valence-corrected chi connectivity index (χ4v) is 3.19. The molecular weight excluding hydrogens is 285 g/mol. The van der Waals surface area contributed by atoms with E-state index < -0.39 is 0 Å². The highest BCUT2D eigenvalue weighted by Crippen LogP contribution is 2.33. The Labute approximate surface area is 126 Å². The molecule has 3 aromatic rings. The van der Waals surface area contributed by atoms with Gasteiger partial charge in [0.2, 0.25) is 0 Å². The van der Waals surface area contributed by atoms with Crippen LogP contribution in [0.1, 0.15) is 4.88 Å². The van der Waals surface area contributed by atoms with E-state index >= 15 is 0 Å². The lowest BCUT2D eigenvalue weighted by molar-refractivity contribution is 0.625. The monoisotopic (exact) mass is 299 g/mol. The number of rotatable bonds is 4. The van der Waals surface area contributed by atoms with E-state index in [1.165, 1.54) is 17.4 Å². The second kappa shape index (κ2) is 6.11. The van der Waals surface area contributed by atoms with Crippen molar-refractivity contribution in [2.75, 3.05) is 7.05 Å². The van der Waals surface area contributed by atoms with Gasteiger partial charge >= 0.3 is 0 Å². The lowest BCUT2D eigenvalue weighted by atomic mass is 10.1. The summed E-state index contributed by atoms with van der Waals surface area (Å²) in [6.45, 7) is 0.691. The zero-order valence-corrected chi connectivity index (χ0v) is 12.3. The molecule has 1 N–H and O–H groups in total. The first-order chi connectivity index (χ1) is 10.3. The summed E-state index contributed by atoms with van der Waals surface area (Å²) < 4.78 is 13.9. The van der Waals surface area contributed by atoms with Crippen molar-refractivity contribution in [2.45, 2.75) is 6.54 Å². The third-order valence-corrected chi connectivity index (χ3v) is 4.11. The molecule has 0 unspecified atom stereocenters. The molecule has 0 saturated heterocycles. The van der Waals surface area contributed by atoms with Gasteiger partial charge in [-0.3, -0.25) is 4.98 Å². The highest BCUT2D eigenvalue weighted by atomic mass is 32.1. The van der Waals surface area contributed by atoms with Crippen LogP contribution in [-0.2, 0) is 6.54 Å². The minimum absolute atomic E-state index is 0.307. The fraction of sp³-hybridized carbons (Fsp3) is 0.125. The smallest absolute Gasteiger partial charge is 0.151 e. The Bertz CT molecular complexity index is 740. The van der Waals surface area contributed by atoms with Gasteiger partial charge in [0.25, 0.3) is 0 Å². The van der Waals surface area contributed by atoms with Crippen LogP contribution in [0.5, 0.6) is 0 Å². The first-order valence-electron chi connectivity index (χ1n) is 6.60. The van der Waals surface area contributed by atoms with Crippen molar-refractivity contribution in [2.24, 2.45) is 0 Å². The van der Waals surface area contributed by atoms with E-state index in [4.69, 9.17) is 0 Å². The summed E-state index contributed by atoms with van der Waals surface area (Å²) in [4.78, 5) is 9.79. The maximum Gasteiger partial charge on any atom is 0.151 e. The molecule has 3 nitrogen and oxygen atoms in total. The first kappa shape index (κ1) is 13.9. The van der Waals surface area contributed by atoms with Crippen LogP contribution in [0.4, 0.5) is 4.39 Å². The van der Waals surface area contributed by atoms with E-state index in [1.807, 2.05) is 37.4 Å². The summed E-state index contributed by atoms with van der Waals surface area (Å²) in [5, 5.41) is 3.74. The minimum Gasteiger partial charge on any atom is -0.315 e. The molecule has 0 fully saturated rings. The predicted octanol–water partition coefficient (Wildman–Crippen LogP) is 3.73. The largest absolute Gasteiger partial charge is 0.315 e. The van der Waals surface area contributed by atoms with Crippen LogP contribution in [0.2, 0.25) is 0 Å². The van der Waals surface area contributed by atoms with Crippen LogP contribution >= 0.6 is 11.3 Å².